The largest absolute Gasteiger partial charge is 0.453 e. The van der Waals surface area contributed by atoms with Crippen LogP contribution in [0.15, 0.2) is 187 Å². The molecule has 5 heterocycles. The monoisotopic (exact) mass is 694 g/mol. The van der Waals surface area contributed by atoms with Gasteiger partial charge in [0.05, 0.1) is 22.1 Å². The van der Waals surface area contributed by atoms with Crippen LogP contribution in [0, 0.1) is 0 Å². The topological polar surface area (TPSA) is 48.8 Å². The van der Waals surface area contributed by atoms with Crippen molar-refractivity contribution < 1.29 is 4.42 Å². The summed E-state index contributed by atoms with van der Waals surface area (Å²) in [7, 11) is 0. The highest BCUT2D eigenvalue weighted by molar-refractivity contribution is 6.23. The van der Waals surface area contributed by atoms with Crippen LogP contribution in [0.4, 0.5) is 0 Å². The number of allylic oxidation sites excluding steroid dienone is 1. The van der Waals surface area contributed by atoms with Crippen LogP contribution in [0.1, 0.15) is 6.92 Å². The molecular formula is C49H34N4O. The maximum atomic E-state index is 6.11. The van der Waals surface area contributed by atoms with E-state index in [1.54, 1.807) is 12.3 Å². The Morgan fingerprint density at radius 1 is 0.537 bits per heavy atom. The van der Waals surface area contributed by atoms with E-state index in [1.165, 1.54) is 54.8 Å². The molecule has 0 aliphatic carbocycles. The second-order valence-corrected chi connectivity index (χ2v) is 13.4. The first-order chi connectivity index (χ1) is 26.7. The molecule has 0 saturated carbocycles. The fourth-order valence-corrected chi connectivity index (χ4v) is 8.09. The van der Waals surface area contributed by atoms with Crippen molar-refractivity contribution in [1.82, 2.24) is 19.1 Å². The van der Waals surface area contributed by atoms with Crippen LogP contribution in [0.2, 0.25) is 0 Å². The Morgan fingerprint density at radius 2 is 1.20 bits per heavy atom. The molecule has 11 rings (SSSR count). The molecule has 0 unspecified atom stereocenters. The average Bonchev–Trinajstić information content (AvgIpc) is 3.89. The number of aromatic nitrogens is 4. The van der Waals surface area contributed by atoms with E-state index in [9.17, 15) is 0 Å². The predicted molar refractivity (Wildman–Crippen MR) is 225 cm³/mol. The molecule has 5 aromatic heterocycles. The van der Waals surface area contributed by atoms with E-state index in [1.807, 2.05) is 31.2 Å². The van der Waals surface area contributed by atoms with Gasteiger partial charge in [-0.25, -0.2) is 4.98 Å². The summed E-state index contributed by atoms with van der Waals surface area (Å²) in [5, 5.41) is 4.79. The van der Waals surface area contributed by atoms with Crippen molar-refractivity contribution in [2.75, 3.05) is 0 Å². The summed E-state index contributed by atoms with van der Waals surface area (Å²) in [6.45, 7) is 5.25. The second-order valence-electron chi connectivity index (χ2n) is 13.4. The van der Waals surface area contributed by atoms with Crippen molar-refractivity contribution >= 4 is 65.8 Å². The molecule has 0 amide bonds. The smallest absolute Gasteiger partial charge is 0.155 e. The third-order valence-electron chi connectivity index (χ3n) is 10.2. The van der Waals surface area contributed by atoms with Crippen molar-refractivity contribution in [3.05, 3.63) is 183 Å². The van der Waals surface area contributed by atoms with E-state index in [0.717, 1.165) is 44.7 Å². The quantitative estimate of drug-likeness (QED) is 0.172. The summed E-state index contributed by atoms with van der Waals surface area (Å²) < 4.78 is 10.8. The van der Waals surface area contributed by atoms with Crippen LogP contribution in [-0.4, -0.2) is 19.1 Å². The molecule has 256 valence electrons. The summed E-state index contributed by atoms with van der Waals surface area (Å²) in [6.07, 6.45) is 3.54. The SMILES string of the molecule is C=CC.c1ccc(-c2ccc3c4ccccc4n(-c4ccccc4)c3c2-c2cccc3c2c2ccccc2n3-c2ccc3oc4cccnc4c3n2)cc1. The van der Waals surface area contributed by atoms with Crippen LogP contribution in [0.25, 0.3) is 99.6 Å². The third kappa shape index (κ3) is 4.79. The highest BCUT2D eigenvalue weighted by Gasteiger charge is 2.24. The molecule has 0 bridgehead atoms. The first-order valence-corrected chi connectivity index (χ1v) is 18.2. The molecule has 54 heavy (non-hydrogen) atoms. The van der Waals surface area contributed by atoms with E-state index >= 15 is 0 Å². The number of fused-ring (bicyclic) bond motifs is 9. The van der Waals surface area contributed by atoms with E-state index in [-0.39, 0.29) is 0 Å². The molecule has 0 radical (unpaired) electrons. The molecular weight excluding hydrogens is 661 g/mol. The Bertz CT molecular complexity index is 3190. The van der Waals surface area contributed by atoms with Gasteiger partial charge >= 0.3 is 0 Å². The molecule has 0 aliphatic heterocycles. The van der Waals surface area contributed by atoms with Crippen LogP contribution in [0.5, 0.6) is 0 Å². The third-order valence-corrected chi connectivity index (χ3v) is 10.2. The molecule has 11 aromatic rings. The van der Waals surface area contributed by atoms with Gasteiger partial charge in [0.1, 0.15) is 16.9 Å². The van der Waals surface area contributed by atoms with Crippen LogP contribution in [0.3, 0.4) is 0 Å². The normalized spacial score (nSPS) is 11.5. The van der Waals surface area contributed by atoms with Gasteiger partial charge in [-0.3, -0.25) is 9.55 Å². The van der Waals surface area contributed by atoms with Gasteiger partial charge in [-0.05, 0) is 78.2 Å². The molecule has 0 N–H and O–H groups in total. The predicted octanol–water partition coefficient (Wildman–Crippen LogP) is 13.1. The second kappa shape index (κ2) is 12.8. The standard InChI is InChI=1S/C46H28N4O.C3H6/c1-3-13-29(14-4-1)31-24-25-33-32-17-7-9-20-36(32)49(30-15-5-2-6-16-30)46(33)43(31)35-19-11-22-38-42(35)34-18-8-10-21-37(34)50(38)41-27-26-40-45(48-41)44-39(51-40)23-12-28-47-44;1-3-2/h1-28H;3H,1H2,2H3. The minimum atomic E-state index is 0.724. The number of furan rings is 1. The number of hydrogen-bond donors (Lipinski definition) is 0. The van der Waals surface area contributed by atoms with E-state index < -0.39 is 0 Å². The lowest BCUT2D eigenvalue weighted by Crippen LogP contribution is -1.98. The average molecular weight is 695 g/mol. The Kier molecular flexibility index (Phi) is 7.44. The van der Waals surface area contributed by atoms with Crippen molar-refractivity contribution in [1.29, 1.82) is 0 Å². The Labute approximate surface area is 311 Å². The van der Waals surface area contributed by atoms with Gasteiger partial charge < -0.3 is 8.98 Å². The highest BCUT2D eigenvalue weighted by atomic mass is 16.3. The zero-order chi connectivity index (χ0) is 36.2. The van der Waals surface area contributed by atoms with Gasteiger partial charge in [-0.15, -0.1) is 6.58 Å². The molecule has 0 fully saturated rings. The summed E-state index contributed by atoms with van der Waals surface area (Å²) >= 11 is 0. The maximum absolute atomic E-state index is 6.11. The van der Waals surface area contributed by atoms with Crippen molar-refractivity contribution in [2.24, 2.45) is 0 Å². The van der Waals surface area contributed by atoms with Gasteiger partial charge in [0, 0.05) is 39.0 Å². The molecule has 5 nitrogen and oxygen atoms in total. The maximum Gasteiger partial charge on any atom is 0.155 e. The fourth-order valence-electron chi connectivity index (χ4n) is 8.09. The minimum Gasteiger partial charge on any atom is -0.453 e. The number of hydrogen-bond acceptors (Lipinski definition) is 3. The Balaban J connectivity index is 0.00000117. The van der Waals surface area contributed by atoms with Crippen molar-refractivity contribution in [3.63, 3.8) is 0 Å². The highest BCUT2D eigenvalue weighted by Crippen LogP contribution is 2.47. The van der Waals surface area contributed by atoms with E-state index in [4.69, 9.17) is 9.40 Å². The fraction of sp³-hybridized carbons (Fsp3) is 0.0204. The molecule has 0 spiro atoms. The minimum absolute atomic E-state index is 0.724. The van der Waals surface area contributed by atoms with Gasteiger partial charge in [0.2, 0.25) is 0 Å². The number of para-hydroxylation sites is 3. The molecule has 5 heteroatoms. The molecule has 6 aromatic carbocycles. The van der Waals surface area contributed by atoms with E-state index in [2.05, 4.69) is 160 Å². The summed E-state index contributed by atoms with van der Waals surface area (Å²) in [5.74, 6) is 0.819. The lowest BCUT2D eigenvalue weighted by molar-refractivity contribution is 0.667. The zero-order valence-corrected chi connectivity index (χ0v) is 29.6. The van der Waals surface area contributed by atoms with Gasteiger partial charge in [-0.1, -0.05) is 115 Å². The summed E-state index contributed by atoms with van der Waals surface area (Å²) in [6, 6.07) is 58.1. The first kappa shape index (κ1) is 31.5. The van der Waals surface area contributed by atoms with E-state index in [0.29, 0.717) is 0 Å². The molecule has 0 atom stereocenters. The number of benzene rings is 6. The summed E-state index contributed by atoms with van der Waals surface area (Å²) in [5.41, 5.74) is 13.4. The lowest BCUT2D eigenvalue weighted by atomic mass is 9.89. The summed E-state index contributed by atoms with van der Waals surface area (Å²) in [4.78, 5) is 9.83. The molecule has 0 aliphatic rings. The van der Waals surface area contributed by atoms with Crippen LogP contribution >= 0.6 is 0 Å². The lowest BCUT2D eigenvalue weighted by Gasteiger charge is -2.17. The Hall–Kier alpha value is -7.24. The van der Waals surface area contributed by atoms with Crippen LogP contribution in [-0.2, 0) is 0 Å². The van der Waals surface area contributed by atoms with Gasteiger partial charge in [-0.2, -0.15) is 0 Å². The zero-order valence-electron chi connectivity index (χ0n) is 29.6. The Morgan fingerprint density at radius 3 is 2.00 bits per heavy atom. The van der Waals surface area contributed by atoms with Crippen LogP contribution < -0.4 is 0 Å². The number of nitrogens with zero attached hydrogens (tertiary/aromatic N) is 4. The van der Waals surface area contributed by atoms with Gasteiger partial charge in [0.25, 0.3) is 0 Å². The van der Waals surface area contributed by atoms with Crippen molar-refractivity contribution in [2.45, 2.75) is 6.92 Å². The number of pyridine rings is 2. The van der Waals surface area contributed by atoms with Gasteiger partial charge in [0.15, 0.2) is 11.2 Å². The first-order valence-electron chi connectivity index (χ1n) is 18.2. The number of rotatable bonds is 4. The molecule has 0 saturated heterocycles. The van der Waals surface area contributed by atoms with Crippen molar-refractivity contribution in [3.8, 4) is 33.8 Å².